The molecule has 2 aromatic heterocycles. The third kappa shape index (κ3) is 2.63. The second kappa shape index (κ2) is 5.88. The Hall–Kier alpha value is -2.89. The van der Waals surface area contributed by atoms with Crippen LogP contribution in [0.25, 0.3) is 0 Å². The van der Waals surface area contributed by atoms with Gasteiger partial charge < -0.3 is 9.42 Å². The topological polar surface area (TPSA) is 64.2 Å². The molecular weight excluding hydrogens is 316 g/mol. The van der Waals surface area contributed by atoms with Gasteiger partial charge in [-0.25, -0.2) is 0 Å². The number of fused-ring (bicyclic) bond motifs is 1. The van der Waals surface area contributed by atoms with Crippen molar-refractivity contribution in [2.75, 3.05) is 6.54 Å². The number of nitrogens with zero attached hydrogens (tertiary/aromatic N) is 4. The molecule has 0 radical (unpaired) electrons. The molecule has 0 saturated carbocycles. The summed E-state index contributed by atoms with van der Waals surface area (Å²) in [5.74, 6) is 0.655. The number of aryl methyl sites for hydroxylation is 3. The minimum atomic E-state index is -0.0281. The zero-order valence-electron chi connectivity index (χ0n) is 14.6. The molecule has 6 heteroatoms. The molecule has 0 bridgehead atoms. The fourth-order valence-corrected chi connectivity index (χ4v) is 3.61. The maximum Gasteiger partial charge on any atom is 0.259 e. The lowest BCUT2D eigenvalue weighted by atomic mass is 9.86. The van der Waals surface area contributed by atoms with Gasteiger partial charge in [-0.2, -0.15) is 5.10 Å². The van der Waals surface area contributed by atoms with Crippen molar-refractivity contribution in [2.24, 2.45) is 7.05 Å². The largest absolute Gasteiger partial charge is 0.361 e. The zero-order chi connectivity index (χ0) is 17.6. The van der Waals surface area contributed by atoms with Crippen LogP contribution in [-0.2, 0) is 13.6 Å². The predicted molar refractivity (Wildman–Crippen MR) is 92.2 cm³/mol. The van der Waals surface area contributed by atoms with Crippen LogP contribution in [0.2, 0.25) is 0 Å². The highest BCUT2D eigenvalue weighted by molar-refractivity contribution is 5.96. The monoisotopic (exact) mass is 336 g/mol. The third-order valence-electron chi connectivity index (χ3n) is 4.86. The van der Waals surface area contributed by atoms with Crippen molar-refractivity contribution in [3.8, 4) is 0 Å². The van der Waals surface area contributed by atoms with Crippen molar-refractivity contribution in [1.29, 1.82) is 0 Å². The lowest BCUT2D eigenvalue weighted by Crippen LogP contribution is -2.39. The van der Waals surface area contributed by atoms with Crippen LogP contribution in [0.1, 0.15) is 44.4 Å². The Bertz CT molecular complexity index is 921. The highest BCUT2D eigenvalue weighted by atomic mass is 16.5. The fourth-order valence-electron chi connectivity index (χ4n) is 3.61. The molecular formula is C19H20N4O2. The molecule has 0 spiro atoms. The molecule has 1 aliphatic heterocycles. The van der Waals surface area contributed by atoms with Crippen molar-refractivity contribution in [1.82, 2.24) is 19.8 Å². The van der Waals surface area contributed by atoms with E-state index in [-0.39, 0.29) is 11.8 Å². The maximum absolute atomic E-state index is 13.1. The van der Waals surface area contributed by atoms with Crippen LogP contribution in [-0.4, -0.2) is 32.3 Å². The van der Waals surface area contributed by atoms with Gasteiger partial charge in [0.05, 0.1) is 11.9 Å². The van der Waals surface area contributed by atoms with E-state index in [1.165, 1.54) is 11.1 Å². The summed E-state index contributed by atoms with van der Waals surface area (Å²) in [4.78, 5) is 15.0. The molecule has 3 aromatic rings. The predicted octanol–water partition coefficient (Wildman–Crippen LogP) is 2.81. The van der Waals surface area contributed by atoms with E-state index in [0.717, 1.165) is 5.56 Å². The van der Waals surface area contributed by atoms with Gasteiger partial charge >= 0.3 is 0 Å². The van der Waals surface area contributed by atoms with E-state index in [1.54, 1.807) is 18.5 Å². The van der Waals surface area contributed by atoms with Gasteiger partial charge in [0.25, 0.3) is 5.91 Å². The van der Waals surface area contributed by atoms with Crippen LogP contribution in [0.5, 0.6) is 0 Å². The second-order valence-corrected chi connectivity index (χ2v) is 6.58. The van der Waals surface area contributed by atoms with Gasteiger partial charge in [0, 0.05) is 32.3 Å². The van der Waals surface area contributed by atoms with Crippen LogP contribution >= 0.6 is 0 Å². The number of benzene rings is 1. The standard InChI is InChI=1S/C19H20N4O2/c1-12-18(13(2)25-21-12)19(24)23-10-14-6-4-5-7-16(14)17(11-23)15-8-20-22(3)9-15/h4-9,17H,10-11H2,1-3H3. The summed E-state index contributed by atoms with van der Waals surface area (Å²) >= 11 is 0. The SMILES string of the molecule is Cc1noc(C)c1C(=O)N1Cc2ccccc2C(c2cnn(C)c2)C1. The summed E-state index contributed by atoms with van der Waals surface area (Å²) in [5.41, 5.74) is 4.76. The molecule has 1 amide bonds. The molecule has 4 rings (SSSR count). The first-order valence-corrected chi connectivity index (χ1v) is 8.33. The van der Waals surface area contributed by atoms with Crippen molar-refractivity contribution in [3.05, 3.63) is 70.4 Å². The summed E-state index contributed by atoms with van der Waals surface area (Å²) in [6.45, 7) is 4.80. The lowest BCUT2D eigenvalue weighted by molar-refractivity contribution is 0.0722. The summed E-state index contributed by atoms with van der Waals surface area (Å²) in [5, 5.41) is 8.22. The molecule has 0 saturated heterocycles. The van der Waals surface area contributed by atoms with Crippen molar-refractivity contribution in [2.45, 2.75) is 26.3 Å². The molecule has 1 aromatic carbocycles. The van der Waals surface area contributed by atoms with E-state index in [1.807, 2.05) is 36.5 Å². The van der Waals surface area contributed by atoms with E-state index in [9.17, 15) is 4.79 Å². The van der Waals surface area contributed by atoms with Crippen LogP contribution < -0.4 is 0 Å². The summed E-state index contributed by atoms with van der Waals surface area (Å²) in [6.07, 6.45) is 3.90. The van der Waals surface area contributed by atoms with Crippen LogP contribution in [0.15, 0.2) is 41.2 Å². The molecule has 0 N–H and O–H groups in total. The van der Waals surface area contributed by atoms with E-state index in [4.69, 9.17) is 4.52 Å². The van der Waals surface area contributed by atoms with Gasteiger partial charge in [-0.3, -0.25) is 9.48 Å². The normalized spacial score (nSPS) is 16.8. The molecule has 1 atom stereocenters. The Morgan fingerprint density at radius 1 is 1.28 bits per heavy atom. The van der Waals surface area contributed by atoms with Crippen molar-refractivity contribution >= 4 is 5.91 Å². The first-order valence-electron chi connectivity index (χ1n) is 8.33. The average molecular weight is 336 g/mol. The maximum atomic E-state index is 13.1. The van der Waals surface area contributed by atoms with Crippen LogP contribution in [0, 0.1) is 13.8 Å². The number of hydrogen-bond acceptors (Lipinski definition) is 4. The quantitative estimate of drug-likeness (QED) is 0.722. The van der Waals surface area contributed by atoms with E-state index >= 15 is 0 Å². The highest BCUT2D eigenvalue weighted by Crippen LogP contribution is 2.34. The molecule has 25 heavy (non-hydrogen) atoms. The number of amides is 1. The molecule has 1 unspecified atom stereocenters. The smallest absolute Gasteiger partial charge is 0.259 e. The summed E-state index contributed by atoms with van der Waals surface area (Å²) < 4.78 is 6.98. The summed E-state index contributed by atoms with van der Waals surface area (Å²) in [7, 11) is 1.91. The van der Waals surface area contributed by atoms with Gasteiger partial charge in [-0.15, -0.1) is 0 Å². The van der Waals surface area contributed by atoms with Gasteiger partial charge in [0.2, 0.25) is 0 Å². The molecule has 0 fully saturated rings. The Balaban J connectivity index is 1.74. The Kier molecular flexibility index (Phi) is 3.67. The number of carbonyl (C=O) groups excluding carboxylic acids is 1. The van der Waals surface area contributed by atoms with E-state index in [2.05, 4.69) is 22.4 Å². The number of hydrogen-bond donors (Lipinski definition) is 0. The Morgan fingerprint density at radius 2 is 2.08 bits per heavy atom. The Morgan fingerprint density at radius 3 is 2.76 bits per heavy atom. The van der Waals surface area contributed by atoms with Crippen molar-refractivity contribution in [3.63, 3.8) is 0 Å². The zero-order valence-corrected chi connectivity index (χ0v) is 14.6. The molecule has 0 aliphatic carbocycles. The number of carbonyl (C=O) groups is 1. The molecule has 6 nitrogen and oxygen atoms in total. The van der Waals surface area contributed by atoms with Crippen LogP contribution in [0.4, 0.5) is 0 Å². The highest BCUT2D eigenvalue weighted by Gasteiger charge is 2.32. The third-order valence-corrected chi connectivity index (χ3v) is 4.86. The van der Waals surface area contributed by atoms with Crippen molar-refractivity contribution < 1.29 is 9.32 Å². The minimum absolute atomic E-state index is 0.0281. The number of rotatable bonds is 2. The molecule has 128 valence electrons. The lowest BCUT2D eigenvalue weighted by Gasteiger charge is -2.34. The fraction of sp³-hybridized carbons (Fsp3) is 0.316. The molecule has 3 heterocycles. The van der Waals surface area contributed by atoms with Crippen LogP contribution in [0.3, 0.4) is 0 Å². The summed E-state index contributed by atoms with van der Waals surface area (Å²) in [6, 6.07) is 8.30. The second-order valence-electron chi connectivity index (χ2n) is 6.58. The van der Waals surface area contributed by atoms with Gasteiger partial charge in [0.15, 0.2) is 0 Å². The average Bonchev–Trinajstić information content (AvgIpc) is 3.19. The Labute approximate surface area is 146 Å². The van der Waals surface area contributed by atoms with Gasteiger partial charge in [-0.05, 0) is 30.5 Å². The molecule has 1 aliphatic rings. The first kappa shape index (κ1) is 15.6. The van der Waals surface area contributed by atoms with Gasteiger partial charge in [0.1, 0.15) is 11.3 Å². The minimum Gasteiger partial charge on any atom is -0.361 e. The van der Waals surface area contributed by atoms with Gasteiger partial charge in [-0.1, -0.05) is 29.4 Å². The first-order chi connectivity index (χ1) is 12.0. The van der Waals surface area contributed by atoms with E-state index < -0.39 is 0 Å². The van der Waals surface area contributed by atoms with E-state index in [0.29, 0.717) is 30.1 Å². The number of aromatic nitrogens is 3.